The molecule has 6 rings (SSSR count). The van der Waals surface area contributed by atoms with E-state index in [1.807, 2.05) is 24.3 Å². The van der Waals surface area contributed by atoms with Crippen molar-refractivity contribution in [2.45, 2.75) is 56.8 Å². The van der Waals surface area contributed by atoms with Crippen molar-refractivity contribution in [2.24, 2.45) is 17.8 Å². The van der Waals surface area contributed by atoms with Gasteiger partial charge in [0.1, 0.15) is 11.5 Å². The lowest BCUT2D eigenvalue weighted by Gasteiger charge is -2.57. The number of amides is 1. The highest BCUT2D eigenvalue weighted by molar-refractivity contribution is 5.78. The molecular weight excluding hydrogens is 374 g/mol. The minimum absolute atomic E-state index is 0.0317. The summed E-state index contributed by atoms with van der Waals surface area (Å²) >= 11 is 0. The van der Waals surface area contributed by atoms with Crippen molar-refractivity contribution in [1.29, 1.82) is 0 Å². The van der Waals surface area contributed by atoms with Crippen LogP contribution in [0.25, 0.3) is 0 Å². The highest BCUT2D eigenvalue weighted by atomic mass is 16.3. The first kappa shape index (κ1) is 19.5. The van der Waals surface area contributed by atoms with Gasteiger partial charge in [0.25, 0.3) is 0 Å². The number of carbonyl (C=O) groups is 1. The van der Waals surface area contributed by atoms with Crippen LogP contribution in [0, 0.1) is 17.8 Å². The summed E-state index contributed by atoms with van der Waals surface area (Å²) in [7, 11) is 0. The Morgan fingerprint density at radius 2 is 1.50 bits per heavy atom. The number of hydrogen-bond acceptors (Lipinski definition) is 3. The van der Waals surface area contributed by atoms with Crippen molar-refractivity contribution in [3.8, 4) is 11.5 Å². The molecule has 0 spiro atoms. The first-order valence-electron chi connectivity index (χ1n) is 11.4. The summed E-state index contributed by atoms with van der Waals surface area (Å²) in [5.41, 5.74) is 3.23. The Balaban J connectivity index is 1.20. The molecule has 4 aliphatic carbocycles. The molecule has 2 aromatic rings. The van der Waals surface area contributed by atoms with Gasteiger partial charge >= 0.3 is 0 Å². The van der Waals surface area contributed by atoms with Crippen LogP contribution in [0.3, 0.4) is 0 Å². The van der Waals surface area contributed by atoms with Gasteiger partial charge in [-0.25, -0.2) is 0 Å². The third-order valence-electron chi connectivity index (χ3n) is 7.71. The lowest BCUT2D eigenvalue weighted by molar-refractivity contribution is -0.120. The molecule has 0 radical (unpaired) electrons. The van der Waals surface area contributed by atoms with E-state index in [0.29, 0.717) is 12.3 Å². The number of phenols is 2. The SMILES string of the molecule is O=C(Cc1ccc(C23CC4CC(CC(C4)C2)C3)c(O)c1)NCCc1ccc(O)cc1. The second kappa shape index (κ2) is 7.64. The Morgan fingerprint density at radius 1 is 0.900 bits per heavy atom. The van der Waals surface area contributed by atoms with E-state index >= 15 is 0 Å². The molecule has 0 unspecified atom stereocenters. The van der Waals surface area contributed by atoms with Gasteiger partial charge in [-0.1, -0.05) is 24.3 Å². The minimum Gasteiger partial charge on any atom is -0.508 e. The van der Waals surface area contributed by atoms with E-state index in [9.17, 15) is 15.0 Å². The highest BCUT2D eigenvalue weighted by Crippen LogP contribution is 2.61. The van der Waals surface area contributed by atoms with Gasteiger partial charge in [-0.15, -0.1) is 0 Å². The van der Waals surface area contributed by atoms with E-state index in [1.165, 1.54) is 38.5 Å². The Kier molecular flexibility index (Phi) is 4.96. The van der Waals surface area contributed by atoms with Crippen LogP contribution in [0.2, 0.25) is 0 Å². The molecule has 4 nitrogen and oxygen atoms in total. The first-order valence-corrected chi connectivity index (χ1v) is 11.4. The van der Waals surface area contributed by atoms with Gasteiger partial charge in [-0.2, -0.15) is 0 Å². The van der Waals surface area contributed by atoms with Crippen molar-refractivity contribution in [3.63, 3.8) is 0 Å². The third-order valence-corrected chi connectivity index (χ3v) is 7.71. The molecule has 158 valence electrons. The highest BCUT2D eigenvalue weighted by Gasteiger charge is 2.52. The number of hydrogen-bond donors (Lipinski definition) is 3. The summed E-state index contributed by atoms with van der Waals surface area (Å²) in [5, 5.41) is 23.1. The Hall–Kier alpha value is -2.49. The van der Waals surface area contributed by atoms with Crippen molar-refractivity contribution in [2.75, 3.05) is 6.54 Å². The molecule has 0 saturated heterocycles. The molecule has 0 aromatic heterocycles. The summed E-state index contributed by atoms with van der Waals surface area (Å²) < 4.78 is 0. The number of carbonyl (C=O) groups excluding carboxylic acids is 1. The van der Waals surface area contributed by atoms with Gasteiger partial charge < -0.3 is 15.5 Å². The molecule has 1 amide bonds. The number of rotatable bonds is 6. The topological polar surface area (TPSA) is 69.6 Å². The summed E-state index contributed by atoms with van der Waals surface area (Å²) in [5.74, 6) is 3.13. The van der Waals surface area contributed by atoms with Crippen molar-refractivity contribution < 1.29 is 15.0 Å². The predicted molar refractivity (Wildman–Crippen MR) is 116 cm³/mol. The second-order valence-corrected chi connectivity index (χ2v) is 9.99. The third kappa shape index (κ3) is 3.80. The van der Waals surface area contributed by atoms with E-state index in [2.05, 4.69) is 11.4 Å². The number of phenolic OH excluding ortho intramolecular Hbond substituents is 2. The molecule has 4 fully saturated rings. The fraction of sp³-hybridized carbons (Fsp3) is 0.500. The average molecular weight is 406 g/mol. The largest absolute Gasteiger partial charge is 0.508 e. The normalized spacial score (nSPS) is 29.1. The van der Waals surface area contributed by atoms with Crippen molar-refractivity contribution in [3.05, 3.63) is 59.2 Å². The van der Waals surface area contributed by atoms with Crippen LogP contribution >= 0.6 is 0 Å². The first-order chi connectivity index (χ1) is 14.5. The van der Waals surface area contributed by atoms with Gasteiger partial charge in [-0.05, 0) is 97.4 Å². The Morgan fingerprint density at radius 3 is 2.10 bits per heavy atom. The number of aromatic hydroxyl groups is 2. The fourth-order valence-corrected chi connectivity index (χ4v) is 6.83. The summed E-state index contributed by atoms with van der Waals surface area (Å²) in [6.07, 6.45) is 8.86. The van der Waals surface area contributed by atoms with Crippen LogP contribution in [-0.4, -0.2) is 22.7 Å². The maximum absolute atomic E-state index is 12.3. The average Bonchev–Trinajstić information content (AvgIpc) is 2.68. The van der Waals surface area contributed by atoms with Crippen LogP contribution in [0.5, 0.6) is 11.5 Å². The van der Waals surface area contributed by atoms with E-state index in [-0.39, 0.29) is 23.5 Å². The number of benzene rings is 2. The molecule has 4 bridgehead atoms. The lowest BCUT2D eigenvalue weighted by atomic mass is 9.48. The molecule has 4 aliphatic rings. The van der Waals surface area contributed by atoms with E-state index in [1.54, 1.807) is 12.1 Å². The van der Waals surface area contributed by atoms with Crippen molar-refractivity contribution in [1.82, 2.24) is 5.32 Å². The van der Waals surface area contributed by atoms with Gasteiger partial charge in [0, 0.05) is 12.1 Å². The summed E-state index contributed by atoms with van der Waals surface area (Å²) in [4.78, 5) is 12.3. The smallest absolute Gasteiger partial charge is 0.224 e. The van der Waals surface area contributed by atoms with E-state index < -0.39 is 0 Å². The molecule has 4 saturated carbocycles. The van der Waals surface area contributed by atoms with Crippen LogP contribution in [0.1, 0.15) is 55.2 Å². The molecule has 30 heavy (non-hydrogen) atoms. The molecule has 0 heterocycles. The minimum atomic E-state index is -0.0317. The quantitative estimate of drug-likeness (QED) is 0.664. The molecule has 3 N–H and O–H groups in total. The van der Waals surface area contributed by atoms with Gasteiger partial charge in [-0.3, -0.25) is 4.79 Å². The Labute approximate surface area is 178 Å². The fourth-order valence-electron chi connectivity index (χ4n) is 6.83. The van der Waals surface area contributed by atoms with Crippen LogP contribution in [-0.2, 0) is 23.1 Å². The van der Waals surface area contributed by atoms with Crippen LogP contribution in [0.4, 0.5) is 0 Å². The van der Waals surface area contributed by atoms with Gasteiger partial charge in [0.2, 0.25) is 5.91 Å². The monoisotopic (exact) mass is 405 g/mol. The Bertz CT molecular complexity index is 899. The molecule has 0 atom stereocenters. The van der Waals surface area contributed by atoms with Gasteiger partial charge in [0.05, 0.1) is 6.42 Å². The zero-order valence-electron chi connectivity index (χ0n) is 17.4. The lowest BCUT2D eigenvalue weighted by Crippen LogP contribution is -2.48. The predicted octanol–water partition coefficient (Wildman–Crippen LogP) is 4.47. The molecular formula is C26H31NO3. The molecule has 2 aromatic carbocycles. The molecule has 0 aliphatic heterocycles. The van der Waals surface area contributed by atoms with Gasteiger partial charge in [0.15, 0.2) is 0 Å². The maximum Gasteiger partial charge on any atom is 0.224 e. The van der Waals surface area contributed by atoms with Crippen LogP contribution < -0.4 is 5.32 Å². The van der Waals surface area contributed by atoms with Crippen LogP contribution in [0.15, 0.2) is 42.5 Å². The summed E-state index contributed by atoms with van der Waals surface area (Å²) in [6, 6.07) is 13.0. The standard InChI is InChI=1S/C26H31NO3/c28-22-4-1-17(2-5-22)7-8-27-25(30)13-18-3-6-23(24(29)12-18)26-14-19-9-20(15-26)11-21(10-19)16-26/h1-6,12,19-21,28-29H,7-11,13-16H2,(H,27,30). The van der Waals surface area contributed by atoms with E-state index in [4.69, 9.17) is 0 Å². The molecule has 4 heteroatoms. The second-order valence-electron chi connectivity index (χ2n) is 9.99. The summed E-state index contributed by atoms with van der Waals surface area (Å²) in [6.45, 7) is 0.556. The zero-order chi connectivity index (χ0) is 20.7. The maximum atomic E-state index is 12.3. The van der Waals surface area contributed by atoms with Crippen molar-refractivity contribution >= 4 is 5.91 Å². The zero-order valence-corrected chi connectivity index (χ0v) is 17.4. The van der Waals surface area contributed by atoms with E-state index in [0.717, 1.165) is 40.9 Å². The number of nitrogens with one attached hydrogen (secondary N) is 1.